The highest BCUT2D eigenvalue weighted by Gasteiger charge is 1.72. The number of hydrogen-bond acceptors (Lipinski definition) is 0. The van der Waals surface area contributed by atoms with Gasteiger partial charge in [-0.05, 0) is 12.8 Å². The average molecular weight is 134 g/mol. The fourth-order valence-electron chi connectivity index (χ4n) is 0.786. The van der Waals surface area contributed by atoms with Crippen LogP contribution in [0.3, 0.4) is 0 Å². The largest absolute Gasteiger partial charge is 0.0808 e. The van der Waals surface area contributed by atoms with Gasteiger partial charge in [0.05, 0.1) is 0 Å². The zero-order valence-electron chi connectivity index (χ0n) is 6.03. The van der Waals surface area contributed by atoms with Crippen molar-refractivity contribution in [1.29, 1.82) is 0 Å². The third-order valence-electron chi connectivity index (χ3n) is 1.31. The van der Waals surface area contributed by atoms with E-state index in [1.165, 1.54) is 0 Å². The molecule has 0 heteroatoms. The first-order chi connectivity index (χ1) is 5.00. The van der Waals surface area contributed by atoms with Gasteiger partial charge in [-0.2, -0.15) is 0 Å². The molecule has 0 nitrogen and oxygen atoms in total. The second-order valence-electron chi connectivity index (χ2n) is 2.18. The highest BCUT2D eigenvalue weighted by Crippen LogP contribution is 1.93. The second-order valence-corrected chi connectivity index (χ2v) is 2.18. The second kappa shape index (κ2) is 4.80. The van der Waals surface area contributed by atoms with Crippen LogP contribution in [-0.4, -0.2) is 0 Å². The van der Waals surface area contributed by atoms with Gasteiger partial charge in [-0.1, -0.05) is 48.6 Å². The van der Waals surface area contributed by atoms with Crippen LogP contribution >= 0.6 is 0 Å². The van der Waals surface area contributed by atoms with Crippen LogP contribution in [0, 0.1) is 0 Å². The summed E-state index contributed by atoms with van der Waals surface area (Å²) in [6, 6.07) is 0. The Morgan fingerprint density at radius 3 is 1.00 bits per heavy atom. The average Bonchev–Trinajstić information content (AvgIpc) is 2.67. The Labute approximate surface area is 63.7 Å². The minimum absolute atomic E-state index is 0. The third kappa shape index (κ3) is 3.08. The molecule has 0 amide bonds. The molecule has 0 aliphatic heterocycles. The van der Waals surface area contributed by atoms with Crippen molar-refractivity contribution >= 4 is 0 Å². The number of rotatable bonds is 0. The van der Waals surface area contributed by atoms with Crippen molar-refractivity contribution in [2.45, 2.75) is 12.8 Å². The van der Waals surface area contributed by atoms with E-state index in [2.05, 4.69) is 48.6 Å². The maximum atomic E-state index is 2.12. The smallest absolute Gasteiger partial charge is 0 e. The van der Waals surface area contributed by atoms with Gasteiger partial charge in [-0.15, -0.1) is 0 Å². The standard InChI is InChI=1S/2C5H6.H2/c2*1-2-4-5-3-1;/h2*1-4H,5H2;1H. The molecule has 0 aromatic heterocycles. The van der Waals surface area contributed by atoms with Crippen LogP contribution in [-0.2, 0) is 0 Å². The predicted octanol–water partition coefficient (Wildman–Crippen LogP) is 3.25. The van der Waals surface area contributed by atoms with Crippen LogP contribution in [0.1, 0.15) is 14.3 Å². The first-order valence-electron chi connectivity index (χ1n) is 3.63. The zero-order valence-corrected chi connectivity index (χ0v) is 6.03. The maximum absolute atomic E-state index is 2.12. The lowest BCUT2D eigenvalue weighted by molar-refractivity contribution is 1.45. The molecule has 0 unspecified atom stereocenters. The first-order valence-corrected chi connectivity index (χ1v) is 3.63. The quantitative estimate of drug-likeness (QED) is 0.477. The lowest BCUT2D eigenvalue weighted by atomic mass is 10.5. The summed E-state index contributed by atoms with van der Waals surface area (Å²) in [6.45, 7) is 0. The lowest BCUT2D eigenvalue weighted by Crippen LogP contribution is -1.37. The van der Waals surface area contributed by atoms with Gasteiger partial charge < -0.3 is 0 Å². The van der Waals surface area contributed by atoms with Gasteiger partial charge in [-0.3, -0.25) is 0 Å². The fourth-order valence-corrected chi connectivity index (χ4v) is 0.786. The summed E-state index contributed by atoms with van der Waals surface area (Å²) in [5, 5.41) is 0. The molecule has 2 aliphatic carbocycles. The summed E-state index contributed by atoms with van der Waals surface area (Å²) >= 11 is 0. The molecule has 0 heterocycles. The SMILES string of the molecule is C1=CCC=C1.C1=CCC=C1.[HH]. The van der Waals surface area contributed by atoms with E-state index in [1.54, 1.807) is 0 Å². The molecule has 10 heavy (non-hydrogen) atoms. The summed E-state index contributed by atoms with van der Waals surface area (Å²) in [7, 11) is 0. The van der Waals surface area contributed by atoms with Crippen LogP contribution in [0.25, 0.3) is 0 Å². The van der Waals surface area contributed by atoms with Gasteiger partial charge in [0.25, 0.3) is 0 Å². The van der Waals surface area contributed by atoms with Crippen molar-refractivity contribution in [3.63, 3.8) is 0 Å². The summed E-state index contributed by atoms with van der Waals surface area (Å²) in [5.41, 5.74) is 0. The van der Waals surface area contributed by atoms with E-state index < -0.39 is 0 Å². The van der Waals surface area contributed by atoms with Crippen LogP contribution < -0.4 is 0 Å². The minimum Gasteiger partial charge on any atom is -0.0808 e. The van der Waals surface area contributed by atoms with Gasteiger partial charge in [0.1, 0.15) is 0 Å². The monoisotopic (exact) mass is 134 g/mol. The highest BCUT2D eigenvalue weighted by atomic mass is 13.8. The van der Waals surface area contributed by atoms with Crippen LogP contribution in [0.15, 0.2) is 48.6 Å². The molecule has 0 fully saturated rings. The number of hydrogen-bond donors (Lipinski definition) is 0. The Hall–Kier alpha value is -1.04. The van der Waals surface area contributed by atoms with E-state index in [0.29, 0.717) is 0 Å². The molecular weight excluding hydrogens is 120 g/mol. The van der Waals surface area contributed by atoms with E-state index in [-0.39, 0.29) is 1.43 Å². The Kier molecular flexibility index (Phi) is 3.40. The molecule has 0 atom stereocenters. The molecular formula is C10H14. The summed E-state index contributed by atoms with van der Waals surface area (Å²) < 4.78 is 0. The van der Waals surface area contributed by atoms with Crippen molar-refractivity contribution in [2.75, 3.05) is 0 Å². The summed E-state index contributed by atoms with van der Waals surface area (Å²) in [4.78, 5) is 0. The first kappa shape index (κ1) is 7.07. The summed E-state index contributed by atoms with van der Waals surface area (Å²) in [6.07, 6.45) is 19.0. The van der Waals surface area contributed by atoms with Gasteiger partial charge >= 0.3 is 0 Å². The van der Waals surface area contributed by atoms with Crippen molar-refractivity contribution in [1.82, 2.24) is 0 Å². The molecule has 0 N–H and O–H groups in total. The molecule has 54 valence electrons. The topological polar surface area (TPSA) is 0 Å². The zero-order chi connectivity index (χ0) is 7.07. The molecule has 0 saturated carbocycles. The highest BCUT2D eigenvalue weighted by molar-refractivity contribution is 5.12. The molecule has 0 bridgehead atoms. The van der Waals surface area contributed by atoms with Crippen LogP contribution in [0.5, 0.6) is 0 Å². The third-order valence-corrected chi connectivity index (χ3v) is 1.31. The van der Waals surface area contributed by atoms with Crippen LogP contribution in [0.2, 0.25) is 0 Å². The number of allylic oxidation sites excluding steroid dienone is 8. The van der Waals surface area contributed by atoms with Crippen molar-refractivity contribution in [3.8, 4) is 0 Å². The van der Waals surface area contributed by atoms with E-state index in [1.807, 2.05) is 0 Å². The van der Waals surface area contributed by atoms with E-state index in [0.717, 1.165) is 12.8 Å². The van der Waals surface area contributed by atoms with Gasteiger partial charge in [0.2, 0.25) is 0 Å². The molecule has 0 aromatic rings. The molecule has 0 spiro atoms. The van der Waals surface area contributed by atoms with Crippen molar-refractivity contribution in [3.05, 3.63) is 48.6 Å². The lowest BCUT2D eigenvalue weighted by Gasteiger charge is -1.57. The Balaban J connectivity index is 0.000000167. The van der Waals surface area contributed by atoms with E-state index in [9.17, 15) is 0 Å². The molecule has 0 aromatic carbocycles. The van der Waals surface area contributed by atoms with Gasteiger partial charge in [-0.25, -0.2) is 0 Å². The van der Waals surface area contributed by atoms with E-state index >= 15 is 0 Å². The molecule has 2 aliphatic rings. The molecule has 0 radical (unpaired) electrons. The predicted molar refractivity (Wildman–Crippen MR) is 47.9 cm³/mol. The van der Waals surface area contributed by atoms with Crippen molar-refractivity contribution in [2.24, 2.45) is 0 Å². The maximum Gasteiger partial charge on any atom is 0 e. The molecule has 2 rings (SSSR count). The van der Waals surface area contributed by atoms with Crippen LogP contribution in [0.4, 0.5) is 0 Å². The molecule has 0 saturated heterocycles. The Bertz CT molecular complexity index is 143. The van der Waals surface area contributed by atoms with Gasteiger partial charge in [0.15, 0.2) is 0 Å². The van der Waals surface area contributed by atoms with E-state index in [4.69, 9.17) is 0 Å². The summed E-state index contributed by atoms with van der Waals surface area (Å²) in [5.74, 6) is 0. The van der Waals surface area contributed by atoms with Gasteiger partial charge in [0, 0.05) is 1.43 Å². The Morgan fingerprint density at radius 1 is 0.600 bits per heavy atom. The Morgan fingerprint density at radius 2 is 0.900 bits per heavy atom. The minimum atomic E-state index is 0. The fraction of sp³-hybridized carbons (Fsp3) is 0.200. The van der Waals surface area contributed by atoms with Crippen molar-refractivity contribution < 1.29 is 1.43 Å². The normalized spacial score (nSPS) is 17.6.